The second-order valence-electron chi connectivity index (χ2n) is 5.89. The van der Waals surface area contributed by atoms with Gasteiger partial charge in [-0.25, -0.2) is 4.79 Å². The zero-order chi connectivity index (χ0) is 20.4. The fourth-order valence-electron chi connectivity index (χ4n) is 2.20. The maximum Gasteiger partial charge on any atom is 0.335 e. The van der Waals surface area contributed by atoms with Crippen molar-refractivity contribution in [1.82, 2.24) is 0 Å². The lowest BCUT2D eigenvalue weighted by Crippen LogP contribution is -2.12. The van der Waals surface area contributed by atoms with Crippen LogP contribution in [0.3, 0.4) is 0 Å². The van der Waals surface area contributed by atoms with E-state index in [1.807, 2.05) is 43.3 Å². The van der Waals surface area contributed by atoms with Crippen molar-refractivity contribution >= 4 is 29.2 Å². The van der Waals surface area contributed by atoms with Gasteiger partial charge in [0.05, 0.1) is 6.61 Å². The molecule has 1 N–H and O–H groups in total. The summed E-state index contributed by atoms with van der Waals surface area (Å²) in [6, 6.07) is 14.7. The highest BCUT2D eigenvalue weighted by atomic mass is 32.2. The summed E-state index contributed by atoms with van der Waals surface area (Å²) in [5.41, 5.74) is 0.605. The Morgan fingerprint density at radius 2 is 1.64 bits per heavy atom. The number of carbonyl (C=O) groups is 2. The van der Waals surface area contributed by atoms with Crippen LogP contribution in [0.2, 0.25) is 0 Å². The number of aliphatic hydroxyl groups is 1. The average molecular weight is 401 g/mol. The lowest BCUT2D eigenvalue weighted by molar-refractivity contribution is -0.143. The summed E-state index contributed by atoms with van der Waals surface area (Å²) in [5.74, 6) is -0.0332. The molecule has 2 aromatic carbocycles. The van der Waals surface area contributed by atoms with E-state index < -0.39 is 5.97 Å². The number of aliphatic hydroxyl groups excluding tert-OH is 1. The van der Waals surface area contributed by atoms with Gasteiger partial charge in [-0.2, -0.15) is 0 Å². The summed E-state index contributed by atoms with van der Waals surface area (Å²) in [6.07, 6.45) is 0.935. The van der Waals surface area contributed by atoms with Crippen LogP contribution >= 0.6 is 11.8 Å². The molecule has 6 nitrogen and oxygen atoms in total. The van der Waals surface area contributed by atoms with Crippen LogP contribution in [0.25, 0.3) is 0 Å². The van der Waals surface area contributed by atoms with Gasteiger partial charge in [0.15, 0.2) is 0 Å². The molecule has 0 atom stereocenters. The van der Waals surface area contributed by atoms with E-state index in [1.165, 1.54) is 6.92 Å². The molecule has 0 bridgehead atoms. The number of hydrogen-bond donors (Lipinski definition) is 1. The van der Waals surface area contributed by atoms with E-state index >= 15 is 0 Å². The lowest BCUT2D eigenvalue weighted by atomic mass is 10.1. The molecule has 0 spiro atoms. The Bertz CT molecular complexity index is 816. The topological polar surface area (TPSA) is 85.2 Å². The standard InChI is InChI=1S/C21H23NO5S/c1-3-4-20(24)27-22-15(2)21(25)16-5-9-18(10-6-16)28-19-11-7-17(8-12-19)26-14-13-23/h5-12,23H,3-4,13-14H2,1-2H3/b22-15+. The molecular formula is C21H23NO5S. The third-order valence-corrected chi connectivity index (χ3v) is 4.62. The maximum absolute atomic E-state index is 12.3. The Labute approximate surface area is 168 Å². The Kier molecular flexibility index (Phi) is 8.71. The number of ether oxygens (including phenoxy) is 1. The van der Waals surface area contributed by atoms with Gasteiger partial charge in [0, 0.05) is 21.8 Å². The first kappa shape index (κ1) is 21.7. The molecule has 148 valence electrons. The fourth-order valence-corrected chi connectivity index (χ4v) is 3.01. The first-order valence-corrected chi connectivity index (χ1v) is 9.76. The van der Waals surface area contributed by atoms with Crippen LogP contribution in [-0.2, 0) is 9.63 Å². The largest absolute Gasteiger partial charge is 0.491 e. The fraction of sp³-hybridized carbons (Fsp3) is 0.286. The molecule has 0 aliphatic heterocycles. The number of benzene rings is 2. The minimum atomic E-state index is -0.450. The van der Waals surface area contributed by atoms with Crippen molar-refractivity contribution in [2.24, 2.45) is 5.16 Å². The molecule has 0 radical (unpaired) electrons. The van der Waals surface area contributed by atoms with Crippen molar-refractivity contribution in [3.63, 3.8) is 0 Å². The van der Waals surface area contributed by atoms with E-state index in [9.17, 15) is 9.59 Å². The van der Waals surface area contributed by atoms with Gasteiger partial charge < -0.3 is 14.7 Å². The number of Topliss-reactive ketones (excluding diaryl/α,β-unsaturated/α-hetero) is 1. The van der Waals surface area contributed by atoms with Gasteiger partial charge in [-0.1, -0.05) is 23.8 Å². The number of rotatable bonds is 10. The first-order chi connectivity index (χ1) is 13.5. The van der Waals surface area contributed by atoms with Crippen LogP contribution in [0, 0.1) is 0 Å². The van der Waals surface area contributed by atoms with Crippen LogP contribution in [0.4, 0.5) is 0 Å². The molecule has 28 heavy (non-hydrogen) atoms. The highest BCUT2D eigenvalue weighted by Gasteiger charge is 2.11. The summed E-state index contributed by atoms with van der Waals surface area (Å²) >= 11 is 1.55. The van der Waals surface area contributed by atoms with Gasteiger partial charge in [0.25, 0.3) is 0 Å². The molecule has 0 aliphatic carbocycles. The molecule has 0 saturated heterocycles. The van der Waals surface area contributed by atoms with Gasteiger partial charge in [0.2, 0.25) is 5.78 Å². The quantitative estimate of drug-likeness (QED) is 0.279. The zero-order valence-corrected chi connectivity index (χ0v) is 16.7. The van der Waals surface area contributed by atoms with Crippen molar-refractivity contribution in [3.8, 4) is 5.75 Å². The van der Waals surface area contributed by atoms with Crippen molar-refractivity contribution in [1.29, 1.82) is 0 Å². The average Bonchev–Trinajstić information content (AvgIpc) is 2.72. The Morgan fingerprint density at radius 3 is 2.21 bits per heavy atom. The molecule has 0 heterocycles. The van der Waals surface area contributed by atoms with Gasteiger partial charge >= 0.3 is 5.97 Å². The van der Waals surface area contributed by atoms with E-state index in [-0.39, 0.29) is 31.1 Å². The molecule has 0 saturated carbocycles. The van der Waals surface area contributed by atoms with Crippen molar-refractivity contribution in [3.05, 3.63) is 54.1 Å². The Morgan fingerprint density at radius 1 is 1.04 bits per heavy atom. The summed E-state index contributed by atoms with van der Waals surface area (Å²) in [7, 11) is 0. The van der Waals surface area contributed by atoms with E-state index in [2.05, 4.69) is 5.16 Å². The number of hydrogen-bond acceptors (Lipinski definition) is 7. The van der Waals surface area contributed by atoms with E-state index in [0.717, 1.165) is 9.79 Å². The lowest BCUT2D eigenvalue weighted by Gasteiger charge is -2.06. The molecule has 0 unspecified atom stereocenters. The predicted octanol–water partition coefficient (Wildman–Crippen LogP) is 4.11. The third kappa shape index (κ3) is 6.83. The van der Waals surface area contributed by atoms with Gasteiger partial charge in [-0.05, 0) is 61.9 Å². The highest BCUT2D eigenvalue weighted by Crippen LogP contribution is 2.29. The summed E-state index contributed by atoms with van der Waals surface area (Å²) < 4.78 is 5.33. The zero-order valence-electron chi connectivity index (χ0n) is 15.9. The molecule has 2 aromatic rings. The van der Waals surface area contributed by atoms with Crippen LogP contribution in [-0.4, -0.2) is 35.8 Å². The van der Waals surface area contributed by atoms with E-state index in [4.69, 9.17) is 14.7 Å². The summed E-state index contributed by atoms with van der Waals surface area (Å²) in [6.45, 7) is 3.63. The minimum Gasteiger partial charge on any atom is -0.491 e. The number of oxime groups is 1. The summed E-state index contributed by atoms with van der Waals surface area (Å²) in [4.78, 5) is 30.4. The van der Waals surface area contributed by atoms with Gasteiger partial charge in [-0.15, -0.1) is 0 Å². The minimum absolute atomic E-state index is 0.0209. The molecule has 0 fully saturated rings. The Balaban J connectivity index is 1.96. The van der Waals surface area contributed by atoms with E-state index in [1.54, 1.807) is 23.9 Å². The number of ketones is 1. The summed E-state index contributed by atoms with van der Waals surface area (Å²) in [5, 5.41) is 12.4. The predicted molar refractivity (Wildman–Crippen MR) is 108 cm³/mol. The van der Waals surface area contributed by atoms with Crippen molar-refractivity contribution < 1.29 is 24.3 Å². The second kappa shape index (κ2) is 11.3. The number of nitrogens with zero attached hydrogens (tertiary/aromatic N) is 1. The number of carbonyl (C=O) groups excluding carboxylic acids is 2. The van der Waals surface area contributed by atoms with Gasteiger partial charge in [-0.3, -0.25) is 4.79 Å². The van der Waals surface area contributed by atoms with Crippen LogP contribution < -0.4 is 4.74 Å². The van der Waals surface area contributed by atoms with Crippen LogP contribution in [0.15, 0.2) is 63.5 Å². The van der Waals surface area contributed by atoms with Crippen LogP contribution in [0.1, 0.15) is 37.0 Å². The smallest absolute Gasteiger partial charge is 0.335 e. The Hall–Kier alpha value is -2.64. The SMILES string of the molecule is CCCC(=O)O/N=C(\C)C(=O)c1ccc(Sc2ccc(OCCO)cc2)cc1. The normalized spacial score (nSPS) is 11.2. The first-order valence-electron chi connectivity index (χ1n) is 8.94. The molecular weight excluding hydrogens is 378 g/mol. The van der Waals surface area contributed by atoms with Gasteiger partial charge in [0.1, 0.15) is 18.1 Å². The van der Waals surface area contributed by atoms with E-state index in [0.29, 0.717) is 17.7 Å². The third-order valence-electron chi connectivity index (χ3n) is 3.60. The molecule has 0 amide bonds. The van der Waals surface area contributed by atoms with Crippen molar-refractivity contribution in [2.45, 2.75) is 36.5 Å². The second-order valence-corrected chi connectivity index (χ2v) is 7.04. The molecule has 0 aromatic heterocycles. The maximum atomic E-state index is 12.3. The highest BCUT2D eigenvalue weighted by molar-refractivity contribution is 7.99. The molecule has 2 rings (SSSR count). The molecule has 7 heteroatoms. The molecule has 0 aliphatic rings. The van der Waals surface area contributed by atoms with Crippen LogP contribution in [0.5, 0.6) is 5.75 Å². The monoisotopic (exact) mass is 401 g/mol. The van der Waals surface area contributed by atoms with Crippen molar-refractivity contribution in [2.75, 3.05) is 13.2 Å².